The van der Waals surface area contributed by atoms with Gasteiger partial charge in [0, 0.05) is 12.1 Å². The van der Waals surface area contributed by atoms with E-state index in [0.29, 0.717) is 10.6 Å². The number of imide groups is 1. The first kappa shape index (κ1) is 20.5. The van der Waals surface area contributed by atoms with Crippen molar-refractivity contribution in [2.45, 2.75) is 12.5 Å². The predicted molar refractivity (Wildman–Crippen MR) is 101 cm³/mol. The first-order valence-electron chi connectivity index (χ1n) is 8.65. The topological polar surface area (TPSA) is 148 Å². The maximum atomic E-state index is 12.7. The molecule has 0 aromatic heterocycles. The number of hydrogen-bond donors (Lipinski definition) is 2. The molecular weight excluding hydrogens is 396 g/mol. The quantitative estimate of drug-likeness (QED) is 0.314. The molecule has 1 aliphatic heterocycles. The third-order valence-electron chi connectivity index (χ3n) is 4.43. The van der Waals surface area contributed by atoms with Crippen molar-refractivity contribution < 1.29 is 28.8 Å². The third-order valence-corrected chi connectivity index (χ3v) is 4.43. The van der Waals surface area contributed by atoms with Gasteiger partial charge in [0.1, 0.15) is 5.54 Å². The number of nitro groups is 1. The molecule has 11 heteroatoms. The average molecular weight is 412 g/mol. The lowest BCUT2D eigenvalue weighted by Gasteiger charge is -2.22. The summed E-state index contributed by atoms with van der Waals surface area (Å²) in [6.45, 7) is 0.734. The van der Waals surface area contributed by atoms with Crippen LogP contribution in [0.4, 0.5) is 10.5 Å². The number of urea groups is 1. The van der Waals surface area contributed by atoms with E-state index in [0.717, 1.165) is 12.1 Å². The summed E-state index contributed by atoms with van der Waals surface area (Å²) in [5.74, 6) is -2.51. The summed E-state index contributed by atoms with van der Waals surface area (Å²) in [4.78, 5) is 58.9. The lowest BCUT2D eigenvalue weighted by Crippen LogP contribution is -2.49. The van der Waals surface area contributed by atoms with Crippen LogP contribution < -0.4 is 10.7 Å². The molecule has 1 saturated heterocycles. The summed E-state index contributed by atoms with van der Waals surface area (Å²) in [6.07, 6.45) is 0. The Bertz CT molecular complexity index is 1020. The van der Waals surface area contributed by atoms with E-state index in [1.165, 1.54) is 19.1 Å². The monoisotopic (exact) mass is 412 g/mol. The number of ether oxygens (including phenoxy) is 1. The summed E-state index contributed by atoms with van der Waals surface area (Å²) in [6, 6.07) is 12.3. The first-order valence-corrected chi connectivity index (χ1v) is 8.65. The van der Waals surface area contributed by atoms with Crippen LogP contribution in [0.25, 0.3) is 0 Å². The number of nitrogens with one attached hydrogen (secondary N) is 2. The van der Waals surface area contributed by atoms with Crippen molar-refractivity contribution in [2.75, 3.05) is 6.61 Å². The Morgan fingerprint density at radius 2 is 1.77 bits per heavy atom. The number of nitro benzene ring substituents is 1. The maximum Gasteiger partial charge on any atom is 0.344 e. The Morgan fingerprint density at radius 3 is 2.37 bits per heavy atom. The second-order valence-corrected chi connectivity index (χ2v) is 6.48. The van der Waals surface area contributed by atoms with Crippen molar-refractivity contribution >= 4 is 29.5 Å². The van der Waals surface area contributed by atoms with Gasteiger partial charge in [0.15, 0.2) is 6.61 Å². The number of non-ortho nitro benzene ring substituents is 1. The molecule has 0 spiro atoms. The van der Waals surface area contributed by atoms with E-state index in [2.05, 4.69) is 10.7 Å². The molecule has 0 radical (unpaired) electrons. The van der Waals surface area contributed by atoms with Gasteiger partial charge in [0.2, 0.25) is 0 Å². The van der Waals surface area contributed by atoms with E-state index in [9.17, 15) is 29.3 Å². The Kier molecular flexibility index (Phi) is 5.45. The van der Waals surface area contributed by atoms with Crippen LogP contribution in [0.1, 0.15) is 22.8 Å². The van der Waals surface area contributed by atoms with Crippen LogP contribution in [0.5, 0.6) is 0 Å². The van der Waals surface area contributed by atoms with E-state index < -0.39 is 40.9 Å². The molecule has 0 bridgehead atoms. The lowest BCUT2D eigenvalue weighted by atomic mass is 9.92. The molecule has 154 valence electrons. The standard InChI is InChI=1S/C19H16N4O7/c1-19(13-5-3-2-4-6-13)17(26)22(18(27)20-19)21-15(24)11-30-16(25)12-7-9-14(10-8-12)23(28)29/h2-10H,11H2,1H3,(H,20,27)(H,21,24)/t19-/m0/s1. The predicted octanol–water partition coefficient (Wildman–Crippen LogP) is 1.25. The fraction of sp³-hybridized carbons (Fsp3) is 0.158. The summed E-state index contributed by atoms with van der Waals surface area (Å²) in [5.41, 5.74) is 1.07. The molecule has 1 aliphatic rings. The SMILES string of the molecule is C[C@@]1(c2ccccc2)NC(=O)N(NC(=O)COC(=O)c2ccc([N+](=O)[O-])cc2)C1=O. The highest BCUT2D eigenvalue weighted by molar-refractivity contribution is 6.08. The summed E-state index contributed by atoms with van der Waals surface area (Å²) in [5, 5.41) is 13.7. The number of carbonyl (C=O) groups is 4. The molecule has 2 N–H and O–H groups in total. The number of esters is 1. The van der Waals surface area contributed by atoms with Gasteiger partial charge >= 0.3 is 12.0 Å². The van der Waals surface area contributed by atoms with Crippen LogP contribution in [0.2, 0.25) is 0 Å². The van der Waals surface area contributed by atoms with Gasteiger partial charge in [-0.05, 0) is 24.6 Å². The lowest BCUT2D eigenvalue weighted by molar-refractivity contribution is -0.384. The summed E-state index contributed by atoms with van der Waals surface area (Å²) in [7, 11) is 0. The molecule has 2 aromatic carbocycles. The van der Waals surface area contributed by atoms with Crippen molar-refractivity contribution in [1.82, 2.24) is 15.8 Å². The number of hydrazine groups is 1. The van der Waals surface area contributed by atoms with Gasteiger partial charge in [-0.15, -0.1) is 0 Å². The molecular formula is C19H16N4O7. The third kappa shape index (κ3) is 3.94. The zero-order valence-electron chi connectivity index (χ0n) is 15.7. The molecule has 1 atom stereocenters. The van der Waals surface area contributed by atoms with Crippen molar-refractivity contribution in [2.24, 2.45) is 0 Å². The van der Waals surface area contributed by atoms with Crippen LogP contribution in [0.15, 0.2) is 54.6 Å². The molecule has 30 heavy (non-hydrogen) atoms. The number of hydrogen-bond acceptors (Lipinski definition) is 7. The van der Waals surface area contributed by atoms with Crippen LogP contribution in [-0.2, 0) is 19.9 Å². The van der Waals surface area contributed by atoms with E-state index in [4.69, 9.17) is 4.74 Å². The van der Waals surface area contributed by atoms with Crippen LogP contribution in [0, 0.1) is 10.1 Å². The second-order valence-electron chi connectivity index (χ2n) is 6.48. The van der Waals surface area contributed by atoms with Crippen LogP contribution in [-0.4, -0.2) is 40.4 Å². The Morgan fingerprint density at radius 1 is 1.13 bits per heavy atom. The fourth-order valence-corrected chi connectivity index (χ4v) is 2.80. The zero-order chi connectivity index (χ0) is 21.9. The highest BCUT2D eigenvalue weighted by Gasteiger charge is 2.50. The number of benzene rings is 2. The fourth-order valence-electron chi connectivity index (χ4n) is 2.80. The van der Waals surface area contributed by atoms with Gasteiger partial charge in [-0.25, -0.2) is 9.59 Å². The maximum absolute atomic E-state index is 12.7. The highest BCUT2D eigenvalue weighted by Crippen LogP contribution is 2.27. The Labute approximate surface area is 169 Å². The van der Waals surface area contributed by atoms with Gasteiger partial charge in [-0.3, -0.25) is 25.1 Å². The van der Waals surface area contributed by atoms with Gasteiger partial charge in [0.25, 0.3) is 17.5 Å². The van der Waals surface area contributed by atoms with Crippen molar-refractivity contribution in [3.05, 3.63) is 75.8 Å². The average Bonchev–Trinajstić information content (AvgIpc) is 2.96. The summed E-state index contributed by atoms with van der Waals surface area (Å²) < 4.78 is 4.82. The number of rotatable bonds is 6. The highest BCUT2D eigenvalue weighted by atomic mass is 16.6. The smallest absolute Gasteiger partial charge is 0.344 e. The molecule has 3 rings (SSSR count). The van der Waals surface area contributed by atoms with Gasteiger partial charge in [0.05, 0.1) is 10.5 Å². The minimum absolute atomic E-state index is 0.0000414. The summed E-state index contributed by atoms with van der Waals surface area (Å²) >= 11 is 0. The molecule has 1 heterocycles. The van der Waals surface area contributed by atoms with Crippen molar-refractivity contribution in [3.63, 3.8) is 0 Å². The number of amides is 4. The minimum Gasteiger partial charge on any atom is -0.452 e. The largest absolute Gasteiger partial charge is 0.452 e. The van der Waals surface area contributed by atoms with E-state index >= 15 is 0 Å². The van der Waals surface area contributed by atoms with E-state index in [1.807, 2.05) is 0 Å². The van der Waals surface area contributed by atoms with Crippen LogP contribution in [0.3, 0.4) is 0 Å². The normalized spacial score (nSPS) is 18.0. The molecule has 0 aliphatic carbocycles. The minimum atomic E-state index is -1.36. The van der Waals surface area contributed by atoms with Crippen LogP contribution >= 0.6 is 0 Å². The van der Waals surface area contributed by atoms with Gasteiger partial charge < -0.3 is 10.1 Å². The van der Waals surface area contributed by atoms with Gasteiger partial charge in [-0.1, -0.05) is 30.3 Å². The molecule has 2 aromatic rings. The number of nitrogens with zero attached hydrogens (tertiary/aromatic N) is 2. The molecule has 4 amide bonds. The molecule has 11 nitrogen and oxygen atoms in total. The molecule has 0 unspecified atom stereocenters. The van der Waals surface area contributed by atoms with Crippen molar-refractivity contribution in [3.8, 4) is 0 Å². The van der Waals surface area contributed by atoms with E-state index in [-0.39, 0.29) is 11.3 Å². The second kappa shape index (κ2) is 7.99. The van der Waals surface area contributed by atoms with Crippen molar-refractivity contribution in [1.29, 1.82) is 0 Å². The van der Waals surface area contributed by atoms with Gasteiger partial charge in [-0.2, -0.15) is 5.01 Å². The number of carbonyl (C=O) groups excluding carboxylic acids is 4. The van der Waals surface area contributed by atoms with E-state index in [1.54, 1.807) is 30.3 Å². The Balaban J connectivity index is 1.59. The molecule has 1 fully saturated rings. The Hall–Kier alpha value is -4.28. The first-order chi connectivity index (χ1) is 14.2. The zero-order valence-corrected chi connectivity index (χ0v) is 15.7. The molecule has 0 saturated carbocycles.